The Balaban J connectivity index is 0.000000372. The number of unbranched alkanes of at least 4 members (excludes halogenated alkanes) is 4. The molecule has 0 aliphatic rings. The molecule has 63 heavy (non-hydrogen) atoms. The second-order valence-corrected chi connectivity index (χ2v) is 13.9. The molecule has 4 aromatic carbocycles. The van der Waals surface area contributed by atoms with Crippen molar-refractivity contribution in [2.75, 3.05) is 39.0 Å². The summed E-state index contributed by atoms with van der Waals surface area (Å²) in [5, 5.41) is 13.8. The molecule has 0 saturated carbocycles. The zero-order valence-electron chi connectivity index (χ0n) is 35.1. The standard InChI is InChI=1S/C23H26F3NO4.C17H23ClFNO3.C6H4F2O/c1-2-3-4-11-20(21(28)15-31-22-18(25)9-6-10-19(22)26)27-23(29)16-7-5-8-17(14-16)30-13-12-24;1-2-3-4-8-15(16(21)12-18)20-17(22)13-6-5-7-14(11-13)23-10-9-19;7-4-2-1-3-5(8)6(4)9/h5-10,14,20H,2-4,11-13,15H2,1H3,(H,27,29);5-7,11,15H,2-4,8-10,12H2,1H3,(H,20,22);1-3,9H/t20-;15-;/m00./s1. The van der Waals surface area contributed by atoms with Crippen molar-refractivity contribution in [3.05, 3.63) is 119 Å². The SMILES string of the molecule is CCCCC[C@H](NC(=O)c1cccc(OCCF)c1)C(=O)CCl.CCCCC[C@H](NC(=O)c1cccc(OCCF)c1)C(=O)COc1c(F)cccc1F.Oc1c(F)cccc1F. The first-order valence-electron chi connectivity index (χ1n) is 20.3. The van der Waals surface area contributed by atoms with Crippen LogP contribution in [0.1, 0.15) is 85.9 Å². The third-order valence-corrected chi connectivity index (χ3v) is 9.08. The predicted octanol–water partition coefficient (Wildman–Crippen LogP) is 9.83. The maximum Gasteiger partial charge on any atom is 0.251 e. The minimum absolute atomic E-state index is 0.0601. The average Bonchev–Trinajstić information content (AvgIpc) is 3.28. The minimum atomic E-state index is -0.935. The monoisotopic (exact) mass is 910 g/mol. The Morgan fingerprint density at radius 3 is 1.41 bits per heavy atom. The number of phenolic OH excluding ortho intramolecular Hbond substituents is 1. The van der Waals surface area contributed by atoms with E-state index >= 15 is 0 Å². The molecule has 0 saturated heterocycles. The molecule has 0 bridgehead atoms. The van der Waals surface area contributed by atoms with Crippen molar-refractivity contribution in [3.63, 3.8) is 0 Å². The molecule has 4 aromatic rings. The van der Waals surface area contributed by atoms with Gasteiger partial charge >= 0.3 is 0 Å². The van der Waals surface area contributed by atoms with Crippen LogP contribution in [0.2, 0.25) is 0 Å². The number of rotatable bonds is 24. The summed E-state index contributed by atoms with van der Waals surface area (Å²) in [5.41, 5.74) is 0.606. The van der Waals surface area contributed by atoms with Gasteiger partial charge in [0, 0.05) is 11.1 Å². The van der Waals surface area contributed by atoms with Gasteiger partial charge in [0.2, 0.25) is 0 Å². The maximum atomic E-state index is 13.7. The molecule has 0 fully saturated rings. The predicted molar refractivity (Wildman–Crippen MR) is 227 cm³/mol. The third-order valence-electron chi connectivity index (χ3n) is 8.81. The molecule has 0 aliphatic heterocycles. The number of benzene rings is 4. The minimum Gasteiger partial charge on any atom is -0.503 e. The summed E-state index contributed by atoms with van der Waals surface area (Å²) in [5.74, 6) is -6.20. The second kappa shape index (κ2) is 30.3. The van der Waals surface area contributed by atoms with E-state index in [1.165, 1.54) is 30.3 Å². The van der Waals surface area contributed by atoms with Crippen molar-refractivity contribution < 1.29 is 64.8 Å². The van der Waals surface area contributed by atoms with Crippen molar-refractivity contribution in [2.45, 2.75) is 77.3 Å². The smallest absolute Gasteiger partial charge is 0.251 e. The largest absolute Gasteiger partial charge is 0.503 e. The van der Waals surface area contributed by atoms with Crippen LogP contribution < -0.4 is 24.8 Å². The van der Waals surface area contributed by atoms with E-state index in [2.05, 4.69) is 17.6 Å². The van der Waals surface area contributed by atoms with Crippen molar-refractivity contribution in [1.29, 1.82) is 0 Å². The Bertz CT molecular complexity index is 1990. The lowest BCUT2D eigenvalue weighted by molar-refractivity contribution is -0.123. The number of carbonyl (C=O) groups is 4. The van der Waals surface area contributed by atoms with Crippen LogP contribution in [0.15, 0.2) is 84.9 Å². The van der Waals surface area contributed by atoms with Gasteiger partial charge in [-0.1, -0.05) is 76.6 Å². The molecule has 10 nitrogen and oxygen atoms in total. The highest BCUT2D eigenvalue weighted by Crippen LogP contribution is 2.22. The Hall–Kier alpha value is -5.77. The van der Waals surface area contributed by atoms with Gasteiger partial charge in [0.1, 0.15) is 44.7 Å². The van der Waals surface area contributed by atoms with E-state index in [4.69, 9.17) is 30.9 Å². The number of ether oxygens (including phenoxy) is 3. The highest BCUT2D eigenvalue weighted by atomic mass is 35.5. The molecule has 2 amide bonds. The van der Waals surface area contributed by atoms with E-state index in [0.29, 0.717) is 36.3 Å². The molecule has 0 aliphatic carbocycles. The Morgan fingerprint density at radius 1 is 0.603 bits per heavy atom. The summed E-state index contributed by atoms with van der Waals surface area (Å²) in [7, 11) is 0. The van der Waals surface area contributed by atoms with Gasteiger partial charge in [0.25, 0.3) is 11.8 Å². The van der Waals surface area contributed by atoms with Crippen molar-refractivity contribution in [2.24, 2.45) is 0 Å². The molecule has 3 N–H and O–H groups in total. The number of amides is 2. The fourth-order valence-electron chi connectivity index (χ4n) is 5.52. The lowest BCUT2D eigenvalue weighted by Crippen LogP contribution is -2.43. The highest BCUT2D eigenvalue weighted by molar-refractivity contribution is 6.28. The topological polar surface area (TPSA) is 140 Å². The second-order valence-electron chi connectivity index (χ2n) is 13.7. The molecule has 0 aromatic heterocycles. The van der Waals surface area contributed by atoms with Gasteiger partial charge in [-0.15, -0.1) is 11.6 Å². The Labute approximate surface area is 368 Å². The summed E-state index contributed by atoms with van der Waals surface area (Å²) >= 11 is 5.62. The number of aromatic hydroxyl groups is 1. The third kappa shape index (κ3) is 19.9. The van der Waals surface area contributed by atoms with Crippen LogP contribution in [0.5, 0.6) is 23.0 Å². The first-order valence-corrected chi connectivity index (χ1v) is 20.8. The number of nitrogens with one attached hydrogen (secondary N) is 2. The van der Waals surface area contributed by atoms with Gasteiger partial charge in [-0.2, -0.15) is 0 Å². The molecular formula is C46H53ClF6N2O8. The van der Waals surface area contributed by atoms with Gasteiger partial charge in [0.05, 0.1) is 18.0 Å². The van der Waals surface area contributed by atoms with Crippen molar-refractivity contribution in [3.8, 4) is 23.0 Å². The number of phenols is 1. The molecular weight excluding hydrogens is 858 g/mol. The quantitative estimate of drug-likeness (QED) is 0.0359. The Morgan fingerprint density at radius 2 is 1.02 bits per heavy atom. The summed E-state index contributed by atoms with van der Waals surface area (Å²) in [4.78, 5) is 49.5. The highest BCUT2D eigenvalue weighted by Gasteiger charge is 2.24. The van der Waals surface area contributed by atoms with Gasteiger partial charge in [-0.3, -0.25) is 19.2 Å². The number of Topliss-reactive ketones (excluding diaryl/α,β-unsaturated/α-hetero) is 2. The lowest BCUT2D eigenvalue weighted by Gasteiger charge is -2.18. The van der Waals surface area contributed by atoms with E-state index in [1.54, 1.807) is 30.3 Å². The zero-order chi connectivity index (χ0) is 46.6. The number of halogens is 7. The van der Waals surface area contributed by atoms with Crippen LogP contribution in [-0.4, -0.2) is 79.6 Å². The van der Waals surface area contributed by atoms with Crippen LogP contribution in [0.25, 0.3) is 0 Å². The summed E-state index contributed by atoms with van der Waals surface area (Å²) in [6.07, 6.45) is 6.26. The Kier molecular flexibility index (Phi) is 25.7. The summed E-state index contributed by atoms with van der Waals surface area (Å²) < 4.78 is 91.4. The van der Waals surface area contributed by atoms with Crippen LogP contribution >= 0.6 is 11.6 Å². The van der Waals surface area contributed by atoms with Crippen LogP contribution in [0.4, 0.5) is 26.3 Å². The van der Waals surface area contributed by atoms with Gasteiger partial charge < -0.3 is 30.0 Å². The number of carbonyl (C=O) groups excluding carboxylic acids is 4. The van der Waals surface area contributed by atoms with Crippen molar-refractivity contribution in [1.82, 2.24) is 10.6 Å². The van der Waals surface area contributed by atoms with E-state index < -0.39 is 78.5 Å². The average molecular weight is 911 g/mol. The molecule has 2 atom stereocenters. The number of ketones is 2. The number of hydrogen-bond donors (Lipinski definition) is 3. The number of alkyl halides is 3. The van der Waals surface area contributed by atoms with Crippen LogP contribution in [0, 0.1) is 23.3 Å². The number of para-hydroxylation sites is 2. The number of hydrogen-bond acceptors (Lipinski definition) is 8. The first-order chi connectivity index (χ1) is 30.3. The molecule has 0 heterocycles. The van der Waals surface area contributed by atoms with Gasteiger partial charge in [0.15, 0.2) is 46.3 Å². The van der Waals surface area contributed by atoms with Gasteiger partial charge in [-0.25, -0.2) is 26.3 Å². The molecule has 344 valence electrons. The van der Waals surface area contributed by atoms with E-state index in [1.807, 2.05) is 6.92 Å². The van der Waals surface area contributed by atoms with Crippen LogP contribution in [-0.2, 0) is 9.59 Å². The maximum absolute atomic E-state index is 13.7. The van der Waals surface area contributed by atoms with E-state index in [-0.39, 0.29) is 36.3 Å². The molecule has 17 heteroatoms. The molecule has 4 rings (SSSR count). The summed E-state index contributed by atoms with van der Waals surface area (Å²) in [6.45, 7) is 2.03. The van der Waals surface area contributed by atoms with Gasteiger partial charge in [-0.05, 0) is 73.5 Å². The molecule has 0 unspecified atom stereocenters. The molecule has 0 spiro atoms. The normalized spacial score (nSPS) is 11.4. The lowest BCUT2D eigenvalue weighted by atomic mass is 10.0. The van der Waals surface area contributed by atoms with E-state index in [9.17, 15) is 45.5 Å². The van der Waals surface area contributed by atoms with Crippen LogP contribution in [0.3, 0.4) is 0 Å². The van der Waals surface area contributed by atoms with E-state index in [0.717, 1.165) is 56.4 Å². The van der Waals surface area contributed by atoms with Crippen molar-refractivity contribution >= 4 is 35.0 Å². The fraction of sp³-hybridized carbons (Fsp3) is 0.391. The molecule has 0 radical (unpaired) electrons. The zero-order valence-corrected chi connectivity index (χ0v) is 35.8. The fourth-order valence-corrected chi connectivity index (χ4v) is 5.71. The summed E-state index contributed by atoms with van der Waals surface area (Å²) in [6, 6.07) is 17.5. The first kappa shape index (κ1) is 53.4.